The van der Waals surface area contributed by atoms with Crippen molar-refractivity contribution in [2.24, 2.45) is 0 Å². The first kappa shape index (κ1) is 14.4. The summed E-state index contributed by atoms with van der Waals surface area (Å²) >= 11 is 0. The molecule has 0 saturated heterocycles. The van der Waals surface area contributed by atoms with E-state index in [0.29, 0.717) is 12.2 Å². The molecule has 0 saturated carbocycles. The van der Waals surface area contributed by atoms with E-state index in [1.54, 1.807) is 12.5 Å². The lowest BCUT2D eigenvalue weighted by Crippen LogP contribution is -2.26. The summed E-state index contributed by atoms with van der Waals surface area (Å²) in [6.45, 7) is 0.274. The van der Waals surface area contributed by atoms with Crippen molar-refractivity contribution < 1.29 is 13.2 Å². The van der Waals surface area contributed by atoms with Crippen LogP contribution >= 0.6 is 0 Å². The minimum Gasteiger partial charge on any atom is -0.495 e. The van der Waals surface area contributed by atoms with Crippen LogP contribution in [0.25, 0.3) is 0 Å². The number of imidazole rings is 1. The highest BCUT2D eigenvalue weighted by Gasteiger charge is 2.15. The number of aromatic amines is 1. The lowest BCUT2D eigenvalue weighted by atomic mass is 10.3. The predicted molar refractivity (Wildman–Crippen MR) is 74.9 cm³/mol. The van der Waals surface area contributed by atoms with Crippen LogP contribution in [0.15, 0.2) is 35.6 Å². The molecule has 108 valence electrons. The molecule has 8 heteroatoms. The summed E-state index contributed by atoms with van der Waals surface area (Å²) in [4.78, 5) is 6.88. The van der Waals surface area contributed by atoms with Crippen molar-refractivity contribution in [2.75, 3.05) is 19.4 Å². The highest BCUT2D eigenvalue weighted by atomic mass is 32.2. The topological polar surface area (TPSA) is 110 Å². The van der Waals surface area contributed by atoms with Crippen LogP contribution < -0.4 is 15.2 Å². The number of hydrogen-bond donors (Lipinski definition) is 3. The van der Waals surface area contributed by atoms with Crippen LogP contribution in [-0.4, -0.2) is 32.0 Å². The molecular formula is C12H16N4O3S. The Kier molecular flexibility index (Phi) is 4.26. The zero-order valence-corrected chi connectivity index (χ0v) is 11.8. The quantitative estimate of drug-likeness (QED) is 0.673. The van der Waals surface area contributed by atoms with E-state index in [0.717, 1.165) is 5.69 Å². The van der Waals surface area contributed by atoms with E-state index in [9.17, 15) is 8.42 Å². The highest BCUT2D eigenvalue weighted by molar-refractivity contribution is 7.89. The van der Waals surface area contributed by atoms with Crippen LogP contribution in [-0.2, 0) is 16.4 Å². The molecule has 0 bridgehead atoms. The Labute approximate surface area is 117 Å². The number of anilines is 1. The van der Waals surface area contributed by atoms with Gasteiger partial charge in [0.15, 0.2) is 0 Å². The Balaban J connectivity index is 2.04. The molecule has 0 amide bonds. The van der Waals surface area contributed by atoms with Gasteiger partial charge in [0.05, 0.1) is 24.0 Å². The minimum absolute atomic E-state index is 0.111. The molecule has 0 aliphatic heterocycles. The second-order valence-electron chi connectivity index (χ2n) is 4.13. The highest BCUT2D eigenvalue weighted by Crippen LogP contribution is 2.24. The average Bonchev–Trinajstić information content (AvgIpc) is 2.91. The summed E-state index contributed by atoms with van der Waals surface area (Å²) in [6.07, 6.45) is 3.73. The molecule has 0 atom stereocenters. The number of nitrogens with one attached hydrogen (secondary N) is 2. The van der Waals surface area contributed by atoms with Gasteiger partial charge >= 0.3 is 0 Å². The summed E-state index contributed by atoms with van der Waals surface area (Å²) in [7, 11) is -2.11. The van der Waals surface area contributed by atoms with Gasteiger partial charge in [-0.3, -0.25) is 0 Å². The molecule has 0 aliphatic rings. The average molecular weight is 296 g/mol. The molecule has 0 radical (unpaired) electrons. The van der Waals surface area contributed by atoms with Gasteiger partial charge in [0.25, 0.3) is 0 Å². The van der Waals surface area contributed by atoms with Gasteiger partial charge in [-0.2, -0.15) is 0 Å². The zero-order chi connectivity index (χ0) is 14.6. The lowest BCUT2D eigenvalue weighted by Gasteiger charge is -2.09. The SMILES string of the molecule is COc1ccc(S(=O)(=O)NCCc2cnc[nH]2)cc1N. The normalized spacial score (nSPS) is 11.4. The second kappa shape index (κ2) is 5.93. The van der Waals surface area contributed by atoms with Crippen LogP contribution in [0.3, 0.4) is 0 Å². The number of nitrogens with zero attached hydrogens (tertiary/aromatic N) is 1. The van der Waals surface area contributed by atoms with Crippen LogP contribution in [0.2, 0.25) is 0 Å². The fraction of sp³-hybridized carbons (Fsp3) is 0.250. The molecule has 0 aliphatic carbocycles. The molecule has 1 heterocycles. The monoisotopic (exact) mass is 296 g/mol. The van der Waals surface area contributed by atoms with Crippen molar-refractivity contribution in [3.8, 4) is 5.75 Å². The number of hydrogen-bond acceptors (Lipinski definition) is 5. The third-order valence-electron chi connectivity index (χ3n) is 2.75. The summed E-state index contributed by atoms with van der Waals surface area (Å²) in [5, 5.41) is 0. The predicted octanol–water partition coefficient (Wildman–Crippen LogP) is 0.521. The van der Waals surface area contributed by atoms with Gasteiger partial charge in [0.1, 0.15) is 5.75 Å². The molecule has 1 aromatic heterocycles. The van der Waals surface area contributed by atoms with E-state index in [1.807, 2.05) is 0 Å². The Hall–Kier alpha value is -2.06. The Morgan fingerprint density at radius 1 is 1.45 bits per heavy atom. The smallest absolute Gasteiger partial charge is 0.240 e. The maximum absolute atomic E-state index is 12.1. The largest absolute Gasteiger partial charge is 0.495 e. The Morgan fingerprint density at radius 3 is 2.85 bits per heavy atom. The maximum Gasteiger partial charge on any atom is 0.240 e. The number of nitrogen functional groups attached to an aromatic ring is 1. The van der Waals surface area contributed by atoms with Crippen LogP contribution in [0.1, 0.15) is 5.69 Å². The Morgan fingerprint density at radius 2 is 2.25 bits per heavy atom. The summed E-state index contributed by atoms with van der Waals surface area (Å²) in [5.41, 5.74) is 6.85. The van der Waals surface area contributed by atoms with Crippen molar-refractivity contribution in [1.82, 2.24) is 14.7 Å². The molecule has 7 nitrogen and oxygen atoms in total. The third kappa shape index (κ3) is 3.28. The van der Waals surface area contributed by atoms with Gasteiger partial charge < -0.3 is 15.5 Å². The van der Waals surface area contributed by atoms with Gasteiger partial charge in [0, 0.05) is 24.9 Å². The van der Waals surface area contributed by atoms with Gasteiger partial charge in [-0.1, -0.05) is 0 Å². The van der Waals surface area contributed by atoms with Crippen molar-refractivity contribution in [3.05, 3.63) is 36.4 Å². The maximum atomic E-state index is 12.1. The fourth-order valence-electron chi connectivity index (χ4n) is 1.70. The van der Waals surface area contributed by atoms with E-state index in [-0.39, 0.29) is 17.1 Å². The van der Waals surface area contributed by atoms with Crippen molar-refractivity contribution in [2.45, 2.75) is 11.3 Å². The minimum atomic E-state index is -3.58. The number of nitrogens with two attached hydrogens (primary N) is 1. The van der Waals surface area contributed by atoms with Crippen molar-refractivity contribution in [3.63, 3.8) is 0 Å². The number of H-pyrrole nitrogens is 1. The molecule has 0 unspecified atom stereocenters. The third-order valence-corrected chi connectivity index (χ3v) is 4.21. The molecule has 0 spiro atoms. The van der Waals surface area contributed by atoms with Crippen molar-refractivity contribution in [1.29, 1.82) is 0 Å². The molecule has 1 aromatic carbocycles. The van der Waals surface area contributed by atoms with E-state index >= 15 is 0 Å². The number of methoxy groups -OCH3 is 1. The lowest BCUT2D eigenvalue weighted by molar-refractivity contribution is 0.416. The fourth-order valence-corrected chi connectivity index (χ4v) is 2.77. The van der Waals surface area contributed by atoms with Crippen molar-refractivity contribution >= 4 is 15.7 Å². The van der Waals surface area contributed by atoms with Crippen LogP contribution in [0.5, 0.6) is 5.75 Å². The zero-order valence-electron chi connectivity index (χ0n) is 11.0. The summed E-state index contributed by atoms with van der Waals surface area (Å²) in [6, 6.07) is 4.35. The summed E-state index contributed by atoms with van der Waals surface area (Å²) in [5.74, 6) is 0.446. The molecule has 2 rings (SSSR count). The van der Waals surface area contributed by atoms with Crippen LogP contribution in [0, 0.1) is 0 Å². The number of ether oxygens (including phenoxy) is 1. The van der Waals surface area contributed by atoms with Gasteiger partial charge in [-0.05, 0) is 18.2 Å². The number of aromatic nitrogens is 2. The van der Waals surface area contributed by atoms with Gasteiger partial charge in [-0.15, -0.1) is 0 Å². The molecule has 2 aromatic rings. The van der Waals surface area contributed by atoms with E-state index in [2.05, 4.69) is 14.7 Å². The second-order valence-corrected chi connectivity index (χ2v) is 5.90. The van der Waals surface area contributed by atoms with Crippen LogP contribution in [0.4, 0.5) is 5.69 Å². The molecule has 4 N–H and O–H groups in total. The van der Waals surface area contributed by atoms with Gasteiger partial charge in [0.2, 0.25) is 10.0 Å². The van der Waals surface area contributed by atoms with E-state index < -0.39 is 10.0 Å². The van der Waals surface area contributed by atoms with E-state index in [1.165, 1.54) is 25.3 Å². The number of rotatable bonds is 6. The van der Waals surface area contributed by atoms with E-state index in [4.69, 9.17) is 10.5 Å². The first-order chi connectivity index (χ1) is 9.53. The Bertz CT molecular complexity index is 668. The molecule has 20 heavy (non-hydrogen) atoms. The number of sulfonamides is 1. The first-order valence-corrected chi connectivity index (χ1v) is 7.41. The van der Waals surface area contributed by atoms with Gasteiger partial charge in [-0.25, -0.2) is 18.1 Å². The molecular weight excluding hydrogens is 280 g/mol. The summed E-state index contributed by atoms with van der Waals surface area (Å²) < 4.78 is 31.7. The standard InChI is InChI=1S/C12H16N4O3S/c1-19-12-3-2-10(6-11(12)13)20(17,18)16-5-4-9-7-14-8-15-9/h2-3,6-8,16H,4-5,13H2,1H3,(H,14,15). The number of benzene rings is 1. The first-order valence-electron chi connectivity index (χ1n) is 5.93. The molecule has 0 fully saturated rings.